The van der Waals surface area contributed by atoms with E-state index in [-0.39, 0.29) is 12.1 Å². The van der Waals surface area contributed by atoms with Crippen molar-refractivity contribution in [3.63, 3.8) is 0 Å². The van der Waals surface area contributed by atoms with Crippen molar-refractivity contribution in [1.29, 1.82) is 5.26 Å². The molecule has 24 heavy (non-hydrogen) atoms. The second-order valence-corrected chi connectivity index (χ2v) is 6.25. The number of aromatic nitrogens is 5. The van der Waals surface area contributed by atoms with Crippen molar-refractivity contribution in [2.24, 2.45) is 5.92 Å². The molecule has 4 rings (SSSR count). The number of hydrogen-bond acceptors (Lipinski definition) is 5. The molecule has 1 saturated carbocycles. The third-order valence-electron chi connectivity index (χ3n) is 4.97. The van der Waals surface area contributed by atoms with Crippen molar-refractivity contribution in [3.05, 3.63) is 31.0 Å². The van der Waals surface area contributed by atoms with Crippen LogP contribution in [-0.4, -0.2) is 30.8 Å². The maximum atomic E-state index is 8.82. The van der Waals surface area contributed by atoms with Gasteiger partial charge in [0.25, 0.3) is 6.26 Å². The van der Waals surface area contributed by atoms with Crippen LogP contribution in [0, 0.1) is 17.4 Å². The van der Waals surface area contributed by atoms with Gasteiger partial charge < -0.3 is 9.72 Å². The lowest BCUT2D eigenvalue weighted by Gasteiger charge is -2.24. The van der Waals surface area contributed by atoms with E-state index in [0.29, 0.717) is 5.92 Å². The Morgan fingerprint density at radius 3 is 3.21 bits per heavy atom. The van der Waals surface area contributed by atoms with Gasteiger partial charge in [-0.05, 0) is 32.3 Å². The minimum Gasteiger partial charge on any atom is -0.424 e. The molecule has 0 aliphatic heterocycles. The van der Waals surface area contributed by atoms with Gasteiger partial charge in [0.2, 0.25) is 0 Å². The SMILES string of the molecule is C[C@@H]([C@@H]1CCC[C@@H]1OC#N)n1cc(-c2ncnc3[nH]ccc23)cn1. The Morgan fingerprint density at radius 2 is 2.33 bits per heavy atom. The first-order valence-corrected chi connectivity index (χ1v) is 8.15. The molecule has 0 saturated heterocycles. The van der Waals surface area contributed by atoms with Gasteiger partial charge in [-0.2, -0.15) is 10.4 Å². The third kappa shape index (κ3) is 2.40. The van der Waals surface area contributed by atoms with E-state index in [4.69, 9.17) is 10.00 Å². The number of fused-ring (bicyclic) bond motifs is 1. The number of hydrogen-bond donors (Lipinski definition) is 1. The van der Waals surface area contributed by atoms with Crippen molar-refractivity contribution in [3.8, 4) is 17.5 Å². The molecule has 3 aromatic heterocycles. The molecular formula is C17H18N6O. The molecule has 1 aliphatic rings. The van der Waals surface area contributed by atoms with Crippen LogP contribution >= 0.6 is 0 Å². The number of ether oxygens (including phenoxy) is 1. The zero-order valence-corrected chi connectivity index (χ0v) is 13.4. The molecule has 1 aliphatic carbocycles. The standard InChI is InChI=1S/C17H18N6O/c1-11(13-3-2-4-15(13)24-9-18)23-8-12(7-22-23)16-14-5-6-19-17(14)21-10-20-16/h5-8,10-11,13,15H,2-4H2,1H3,(H,19,20,21)/t11-,13-,15-/m0/s1. The Bertz CT molecular complexity index is 892. The van der Waals surface area contributed by atoms with Gasteiger partial charge in [0.15, 0.2) is 0 Å². The fourth-order valence-corrected chi connectivity index (χ4v) is 3.70. The molecule has 0 spiro atoms. The summed E-state index contributed by atoms with van der Waals surface area (Å²) in [6, 6.07) is 2.14. The molecule has 3 aromatic rings. The summed E-state index contributed by atoms with van der Waals surface area (Å²) in [5.41, 5.74) is 2.65. The van der Waals surface area contributed by atoms with Gasteiger partial charge in [0.1, 0.15) is 18.1 Å². The van der Waals surface area contributed by atoms with Crippen LogP contribution < -0.4 is 0 Å². The Kier molecular flexibility index (Phi) is 3.65. The van der Waals surface area contributed by atoms with Crippen LogP contribution in [-0.2, 0) is 4.74 Å². The van der Waals surface area contributed by atoms with E-state index >= 15 is 0 Å². The highest BCUT2D eigenvalue weighted by atomic mass is 16.5. The highest BCUT2D eigenvalue weighted by molar-refractivity contribution is 5.89. The van der Waals surface area contributed by atoms with Gasteiger partial charge in [0, 0.05) is 29.3 Å². The smallest absolute Gasteiger partial charge is 0.286 e. The summed E-state index contributed by atoms with van der Waals surface area (Å²) < 4.78 is 7.19. The number of rotatable bonds is 4. The summed E-state index contributed by atoms with van der Waals surface area (Å²) in [5.74, 6) is 0.301. The van der Waals surface area contributed by atoms with E-state index in [0.717, 1.165) is 41.6 Å². The maximum absolute atomic E-state index is 8.82. The molecule has 0 amide bonds. The summed E-state index contributed by atoms with van der Waals surface area (Å²) in [4.78, 5) is 11.7. The molecule has 0 bridgehead atoms. The second kappa shape index (κ2) is 5.96. The Hall–Kier alpha value is -2.88. The summed E-state index contributed by atoms with van der Waals surface area (Å²) in [7, 11) is 0. The lowest BCUT2D eigenvalue weighted by atomic mass is 9.97. The van der Waals surface area contributed by atoms with Crippen molar-refractivity contribution >= 4 is 11.0 Å². The van der Waals surface area contributed by atoms with Crippen LogP contribution in [0.15, 0.2) is 31.0 Å². The lowest BCUT2D eigenvalue weighted by molar-refractivity contribution is 0.0943. The topological polar surface area (TPSA) is 92.4 Å². The van der Waals surface area contributed by atoms with Crippen molar-refractivity contribution in [2.45, 2.75) is 38.3 Å². The fourth-order valence-electron chi connectivity index (χ4n) is 3.70. The molecule has 0 unspecified atom stereocenters. The Labute approximate surface area is 139 Å². The lowest BCUT2D eigenvalue weighted by Crippen LogP contribution is -2.25. The molecular weight excluding hydrogens is 304 g/mol. The number of nitrogens with zero attached hydrogens (tertiary/aromatic N) is 5. The van der Waals surface area contributed by atoms with Crippen LogP contribution in [0.1, 0.15) is 32.2 Å². The molecule has 0 radical (unpaired) electrons. The average molecular weight is 322 g/mol. The maximum Gasteiger partial charge on any atom is 0.286 e. The zero-order valence-electron chi connectivity index (χ0n) is 13.4. The van der Waals surface area contributed by atoms with E-state index in [9.17, 15) is 0 Å². The van der Waals surface area contributed by atoms with Gasteiger partial charge in [0.05, 0.1) is 17.9 Å². The predicted molar refractivity (Wildman–Crippen MR) is 87.6 cm³/mol. The number of nitriles is 1. The number of nitrogens with one attached hydrogen (secondary N) is 1. The molecule has 1 fully saturated rings. The minimum absolute atomic E-state index is 0.00641. The molecule has 7 nitrogen and oxygen atoms in total. The highest BCUT2D eigenvalue weighted by Gasteiger charge is 2.34. The van der Waals surface area contributed by atoms with Crippen molar-refractivity contribution in [1.82, 2.24) is 24.7 Å². The third-order valence-corrected chi connectivity index (χ3v) is 4.97. The normalized spacial score (nSPS) is 21.7. The van der Waals surface area contributed by atoms with E-state index in [1.54, 1.807) is 6.33 Å². The van der Waals surface area contributed by atoms with Crippen LogP contribution in [0.4, 0.5) is 0 Å². The zero-order chi connectivity index (χ0) is 16.5. The monoisotopic (exact) mass is 322 g/mol. The Balaban J connectivity index is 1.63. The molecule has 3 atom stereocenters. The van der Waals surface area contributed by atoms with E-state index in [1.165, 1.54) is 0 Å². The van der Waals surface area contributed by atoms with Crippen LogP contribution in [0.5, 0.6) is 0 Å². The van der Waals surface area contributed by atoms with Crippen LogP contribution in [0.2, 0.25) is 0 Å². The van der Waals surface area contributed by atoms with Gasteiger partial charge in [-0.25, -0.2) is 9.97 Å². The van der Waals surface area contributed by atoms with Gasteiger partial charge in [-0.3, -0.25) is 4.68 Å². The second-order valence-electron chi connectivity index (χ2n) is 6.25. The van der Waals surface area contributed by atoms with Crippen LogP contribution in [0.25, 0.3) is 22.3 Å². The first-order chi connectivity index (χ1) is 11.8. The quantitative estimate of drug-likeness (QED) is 0.745. The van der Waals surface area contributed by atoms with Gasteiger partial charge >= 0.3 is 0 Å². The molecule has 122 valence electrons. The first kappa shape index (κ1) is 14.7. The average Bonchev–Trinajstić information content (AvgIpc) is 3.34. The van der Waals surface area contributed by atoms with Gasteiger partial charge in [-0.1, -0.05) is 0 Å². The van der Waals surface area contributed by atoms with Crippen LogP contribution in [0.3, 0.4) is 0 Å². The molecule has 7 heteroatoms. The van der Waals surface area contributed by atoms with Crippen molar-refractivity contribution in [2.75, 3.05) is 0 Å². The summed E-state index contributed by atoms with van der Waals surface area (Å²) >= 11 is 0. The van der Waals surface area contributed by atoms with E-state index in [1.807, 2.05) is 35.6 Å². The van der Waals surface area contributed by atoms with Crippen molar-refractivity contribution < 1.29 is 4.74 Å². The first-order valence-electron chi connectivity index (χ1n) is 8.15. The Morgan fingerprint density at radius 1 is 1.42 bits per heavy atom. The molecule has 3 heterocycles. The number of aromatic amines is 1. The van der Waals surface area contributed by atoms with E-state index in [2.05, 4.69) is 27.0 Å². The predicted octanol–water partition coefficient (Wildman–Crippen LogP) is 3.05. The highest BCUT2D eigenvalue weighted by Crippen LogP contribution is 2.36. The van der Waals surface area contributed by atoms with Gasteiger partial charge in [-0.15, -0.1) is 0 Å². The molecule has 0 aromatic carbocycles. The molecule has 1 N–H and O–H groups in total. The minimum atomic E-state index is -0.00641. The fraction of sp³-hybridized carbons (Fsp3) is 0.412. The van der Waals surface area contributed by atoms with E-state index < -0.39 is 0 Å². The number of H-pyrrole nitrogens is 1. The summed E-state index contributed by atoms with van der Waals surface area (Å²) in [6.45, 7) is 2.13. The summed E-state index contributed by atoms with van der Waals surface area (Å²) in [5, 5.41) is 14.3. The largest absolute Gasteiger partial charge is 0.424 e. The summed E-state index contributed by atoms with van der Waals surface area (Å²) in [6.07, 6.45) is 12.2.